The minimum Gasteiger partial charge on any atom is -0.480 e. The molecule has 1 aromatic carbocycles. The summed E-state index contributed by atoms with van der Waals surface area (Å²) in [4.78, 5) is 23.5. The molecule has 98 valence electrons. The molecule has 1 amide bonds. The maximum Gasteiger partial charge on any atom is 0.325 e. The second kappa shape index (κ2) is 6.44. The Kier molecular flexibility index (Phi) is 5.22. The molecule has 1 atom stereocenters. The lowest BCUT2D eigenvalue weighted by atomic mass is 10.2. The number of thioether (sulfide) groups is 1. The predicted molar refractivity (Wildman–Crippen MR) is 72.0 cm³/mol. The summed E-state index contributed by atoms with van der Waals surface area (Å²) in [5, 5.41) is 11.6. The van der Waals surface area contributed by atoms with Crippen molar-refractivity contribution in [2.45, 2.75) is 37.0 Å². The summed E-state index contributed by atoms with van der Waals surface area (Å²) in [5.74, 6) is -1.40. The van der Waals surface area contributed by atoms with E-state index in [1.165, 1.54) is 6.92 Å². The standard InChI is InChI=1S/C13H17NO3S/c1-8(2)18-11-7-5-4-6-10(11)12(15)14-9(3)13(16)17/h4-9H,1-3H3,(H,14,15)(H,16,17)/t9-/m0/s1. The summed E-state index contributed by atoms with van der Waals surface area (Å²) in [6, 6.07) is 6.31. The van der Waals surface area contributed by atoms with Gasteiger partial charge in [-0.15, -0.1) is 11.8 Å². The van der Waals surface area contributed by atoms with Gasteiger partial charge in [-0.2, -0.15) is 0 Å². The van der Waals surface area contributed by atoms with Gasteiger partial charge >= 0.3 is 5.97 Å². The molecule has 0 aromatic heterocycles. The highest BCUT2D eigenvalue weighted by molar-refractivity contribution is 8.00. The molecule has 0 radical (unpaired) electrons. The van der Waals surface area contributed by atoms with Crippen molar-refractivity contribution in [2.24, 2.45) is 0 Å². The van der Waals surface area contributed by atoms with Crippen molar-refractivity contribution >= 4 is 23.6 Å². The minimum absolute atomic E-state index is 0.353. The topological polar surface area (TPSA) is 66.4 Å². The first-order valence-electron chi connectivity index (χ1n) is 5.71. The summed E-state index contributed by atoms with van der Waals surface area (Å²) < 4.78 is 0. The average molecular weight is 267 g/mol. The number of carboxylic acids is 1. The molecule has 0 aliphatic carbocycles. The van der Waals surface area contributed by atoms with Crippen LogP contribution in [-0.4, -0.2) is 28.3 Å². The van der Waals surface area contributed by atoms with Gasteiger partial charge in [-0.25, -0.2) is 0 Å². The molecule has 1 aromatic rings. The summed E-state index contributed by atoms with van der Waals surface area (Å²) >= 11 is 1.58. The SMILES string of the molecule is CC(C)Sc1ccccc1C(=O)N[C@@H](C)C(=O)O. The van der Waals surface area contributed by atoms with Crippen molar-refractivity contribution in [3.63, 3.8) is 0 Å². The van der Waals surface area contributed by atoms with E-state index >= 15 is 0 Å². The Morgan fingerprint density at radius 3 is 2.39 bits per heavy atom. The fraction of sp³-hybridized carbons (Fsp3) is 0.385. The van der Waals surface area contributed by atoms with Crippen LogP contribution in [0, 0.1) is 0 Å². The van der Waals surface area contributed by atoms with Crippen molar-refractivity contribution in [2.75, 3.05) is 0 Å². The van der Waals surface area contributed by atoms with Crippen molar-refractivity contribution in [1.82, 2.24) is 5.32 Å². The number of carbonyl (C=O) groups excluding carboxylic acids is 1. The van der Waals surface area contributed by atoms with E-state index in [0.717, 1.165) is 4.90 Å². The quantitative estimate of drug-likeness (QED) is 0.804. The Balaban J connectivity index is 2.88. The van der Waals surface area contributed by atoms with E-state index < -0.39 is 12.0 Å². The Morgan fingerprint density at radius 2 is 1.83 bits per heavy atom. The van der Waals surface area contributed by atoms with Crippen LogP contribution in [0.15, 0.2) is 29.2 Å². The number of nitrogens with one attached hydrogen (secondary N) is 1. The lowest BCUT2D eigenvalue weighted by Crippen LogP contribution is -2.38. The molecule has 0 aliphatic rings. The largest absolute Gasteiger partial charge is 0.480 e. The first-order valence-corrected chi connectivity index (χ1v) is 6.59. The van der Waals surface area contributed by atoms with E-state index in [4.69, 9.17) is 5.11 Å². The molecule has 2 N–H and O–H groups in total. The summed E-state index contributed by atoms with van der Waals surface area (Å²) in [6.07, 6.45) is 0. The van der Waals surface area contributed by atoms with Crippen molar-refractivity contribution in [3.8, 4) is 0 Å². The molecule has 5 heteroatoms. The summed E-state index contributed by atoms with van der Waals surface area (Å²) in [5.41, 5.74) is 0.518. The van der Waals surface area contributed by atoms with Gasteiger partial charge in [0.2, 0.25) is 0 Å². The van der Waals surface area contributed by atoms with Crippen LogP contribution < -0.4 is 5.32 Å². The van der Waals surface area contributed by atoms with E-state index in [9.17, 15) is 9.59 Å². The number of carbonyl (C=O) groups is 2. The van der Waals surface area contributed by atoms with E-state index in [2.05, 4.69) is 5.32 Å². The first-order chi connectivity index (χ1) is 8.41. The number of carboxylic acid groups (broad SMARTS) is 1. The van der Waals surface area contributed by atoms with E-state index in [1.54, 1.807) is 23.9 Å². The van der Waals surface area contributed by atoms with Gasteiger partial charge in [-0.1, -0.05) is 26.0 Å². The van der Waals surface area contributed by atoms with Gasteiger partial charge in [0.1, 0.15) is 6.04 Å². The fourth-order valence-corrected chi connectivity index (χ4v) is 2.30. The molecule has 0 saturated carbocycles. The predicted octanol–water partition coefficient (Wildman–Crippen LogP) is 2.39. The number of aliphatic carboxylic acids is 1. The molecular formula is C13H17NO3S. The lowest BCUT2D eigenvalue weighted by molar-refractivity contribution is -0.138. The molecule has 4 nitrogen and oxygen atoms in total. The number of hydrogen-bond acceptors (Lipinski definition) is 3. The molecule has 18 heavy (non-hydrogen) atoms. The molecule has 0 heterocycles. The van der Waals surface area contributed by atoms with Crippen molar-refractivity contribution in [3.05, 3.63) is 29.8 Å². The smallest absolute Gasteiger partial charge is 0.325 e. The fourth-order valence-electron chi connectivity index (χ4n) is 1.35. The highest BCUT2D eigenvalue weighted by Gasteiger charge is 2.17. The number of hydrogen-bond donors (Lipinski definition) is 2. The second-order valence-corrected chi connectivity index (χ2v) is 5.81. The molecule has 0 saturated heterocycles. The molecule has 0 bridgehead atoms. The van der Waals surface area contributed by atoms with Gasteiger partial charge in [0.05, 0.1) is 5.56 Å². The molecule has 0 spiro atoms. The van der Waals surface area contributed by atoms with E-state index in [1.807, 2.05) is 26.0 Å². The van der Waals surface area contributed by atoms with Crippen LogP contribution in [-0.2, 0) is 4.79 Å². The molecule has 0 fully saturated rings. The van der Waals surface area contributed by atoms with Gasteiger partial charge in [0, 0.05) is 10.1 Å². The Bertz CT molecular complexity index is 446. The van der Waals surface area contributed by atoms with Gasteiger partial charge in [0.25, 0.3) is 5.91 Å². The van der Waals surface area contributed by atoms with Gasteiger partial charge in [-0.3, -0.25) is 9.59 Å². The van der Waals surface area contributed by atoms with Gasteiger partial charge in [-0.05, 0) is 19.1 Å². The highest BCUT2D eigenvalue weighted by atomic mass is 32.2. The van der Waals surface area contributed by atoms with Crippen molar-refractivity contribution in [1.29, 1.82) is 0 Å². The maximum absolute atomic E-state index is 12.0. The third-order valence-electron chi connectivity index (χ3n) is 2.21. The summed E-state index contributed by atoms with van der Waals surface area (Å²) in [7, 11) is 0. The van der Waals surface area contributed by atoms with Crippen molar-refractivity contribution < 1.29 is 14.7 Å². The number of rotatable bonds is 5. The molecule has 0 aliphatic heterocycles. The van der Waals surface area contributed by atoms with E-state index in [-0.39, 0.29) is 5.91 Å². The third-order valence-corrected chi connectivity index (χ3v) is 3.29. The Hall–Kier alpha value is -1.49. The monoisotopic (exact) mass is 267 g/mol. The molecular weight excluding hydrogens is 250 g/mol. The first kappa shape index (κ1) is 14.6. The Morgan fingerprint density at radius 1 is 1.22 bits per heavy atom. The Labute approximate surface area is 111 Å². The normalized spacial score (nSPS) is 12.2. The minimum atomic E-state index is -1.04. The van der Waals surface area contributed by atoms with Gasteiger partial charge < -0.3 is 10.4 Å². The number of amides is 1. The van der Waals surface area contributed by atoms with Crippen LogP contribution in [0.4, 0.5) is 0 Å². The zero-order valence-electron chi connectivity index (χ0n) is 10.6. The number of benzene rings is 1. The van der Waals surface area contributed by atoms with Crippen LogP contribution in [0.25, 0.3) is 0 Å². The second-order valence-electron chi connectivity index (χ2n) is 4.20. The zero-order valence-corrected chi connectivity index (χ0v) is 11.5. The highest BCUT2D eigenvalue weighted by Crippen LogP contribution is 2.26. The molecule has 1 rings (SSSR count). The van der Waals surface area contributed by atoms with E-state index in [0.29, 0.717) is 10.8 Å². The van der Waals surface area contributed by atoms with Crippen LogP contribution in [0.1, 0.15) is 31.1 Å². The average Bonchev–Trinajstić information content (AvgIpc) is 2.28. The van der Waals surface area contributed by atoms with Crippen LogP contribution in [0.3, 0.4) is 0 Å². The molecule has 0 unspecified atom stereocenters. The maximum atomic E-state index is 12.0. The van der Waals surface area contributed by atoms with Crippen LogP contribution in [0.5, 0.6) is 0 Å². The zero-order chi connectivity index (χ0) is 13.7. The van der Waals surface area contributed by atoms with Crippen LogP contribution >= 0.6 is 11.8 Å². The van der Waals surface area contributed by atoms with Crippen LogP contribution in [0.2, 0.25) is 0 Å². The third kappa shape index (κ3) is 4.07. The summed E-state index contributed by atoms with van der Waals surface area (Å²) in [6.45, 7) is 5.52. The van der Waals surface area contributed by atoms with Gasteiger partial charge in [0.15, 0.2) is 0 Å². The lowest BCUT2D eigenvalue weighted by Gasteiger charge is -2.13.